The van der Waals surface area contributed by atoms with Gasteiger partial charge in [-0.15, -0.1) is 24.0 Å². The standard InChI is InChI=1S/C16H21F2N3O.HI/c1-19-16(21-14-9-12-4-5-15(14)22-12)20-7-6-10-2-3-11(17)8-13(10)18;/h2-3,8,12,14-15H,4-7,9H2,1H3,(H2,19,20,21);1H. The number of halogens is 3. The van der Waals surface area contributed by atoms with E-state index < -0.39 is 11.6 Å². The highest BCUT2D eigenvalue weighted by Gasteiger charge is 2.41. The average Bonchev–Trinajstić information content (AvgIpc) is 3.11. The summed E-state index contributed by atoms with van der Waals surface area (Å²) in [6.45, 7) is 0.532. The van der Waals surface area contributed by atoms with Crippen LogP contribution in [-0.2, 0) is 11.2 Å². The van der Waals surface area contributed by atoms with Crippen LogP contribution in [0.2, 0.25) is 0 Å². The van der Waals surface area contributed by atoms with Crippen molar-refractivity contribution in [2.45, 2.75) is 43.9 Å². The average molecular weight is 437 g/mol. The van der Waals surface area contributed by atoms with Crippen molar-refractivity contribution in [1.82, 2.24) is 10.6 Å². The minimum absolute atomic E-state index is 0. The van der Waals surface area contributed by atoms with E-state index >= 15 is 0 Å². The lowest BCUT2D eigenvalue weighted by molar-refractivity contribution is 0.0992. The molecular weight excluding hydrogens is 415 g/mol. The van der Waals surface area contributed by atoms with E-state index in [-0.39, 0.29) is 30.1 Å². The maximum atomic E-state index is 13.6. The molecule has 23 heavy (non-hydrogen) atoms. The van der Waals surface area contributed by atoms with Gasteiger partial charge in [0.2, 0.25) is 0 Å². The molecule has 2 aliphatic heterocycles. The monoisotopic (exact) mass is 437 g/mol. The zero-order chi connectivity index (χ0) is 15.5. The van der Waals surface area contributed by atoms with Crippen molar-refractivity contribution in [2.24, 2.45) is 4.99 Å². The Morgan fingerprint density at radius 2 is 2.17 bits per heavy atom. The first kappa shape index (κ1) is 18.4. The summed E-state index contributed by atoms with van der Waals surface area (Å²) in [7, 11) is 1.71. The molecule has 3 unspecified atom stereocenters. The van der Waals surface area contributed by atoms with Gasteiger partial charge in [-0.3, -0.25) is 4.99 Å². The molecule has 3 rings (SSSR count). The van der Waals surface area contributed by atoms with Gasteiger partial charge < -0.3 is 15.4 Å². The van der Waals surface area contributed by atoms with Crippen LogP contribution < -0.4 is 10.6 Å². The molecule has 4 nitrogen and oxygen atoms in total. The van der Waals surface area contributed by atoms with Crippen LogP contribution in [0.25, 0.3) is 0 Å². The minimum Gasteiger partial charge on any atom is -0.373 e. The van der Waals surface area contributed by atoms with Crippen LogP contribution in [0.15, 0.2) is 23.2 Å². The second-order valence-corrected chi connectivity index (χ2v) is 5.85. The van der Waals surface area contributed by atoms with Crippen LogP contribution >= 0.6 is 24.0 Å². The van der Waals surface area contributed by atoms with E-state index in [0.717, 1.165) is 25.3 Å². The van der Waals surface area contributed by atoms with Gasteiger partial charge in [0.1, 0.15) is 11.6 Å². The van der Waals surface area contributed by atoms with Gasteiger partial charge in [-0.2, -0.15) is 0 Å². The third-order valence-electron chi connectivity index (χ3n) is 4.35. The summed E-state index contributed by atoms with van der Waals surface area (Å²) in [4.78, 5) is 4.19. The van der Waals surface area contributed by atoms with Crippen molar-refractivity contribution in [3.8, 4) is 0 Å². The molecule has 2 heterocycles. The van der Waals surface area contributed by atoms with Gasteiger partial charge >= 0.3 is 0 Å². The van der Waals surface area contributed by atoms with Crippen molar-refractivity contribution in [1.29, 1.82) is 0 Å². The molecule has 2 fully saturated rings. The lowest BCUT2D eigenvalue weighted by Crippen LogP contribution is -2.47. The summed E-state index contributed by atoms with van der Waals surface area (Å²) in [6.07, 6.45) is 4.39. The first-order chi connectivity index (χ1) is 10.7. The lowest BCUT2D eigenvalue weighted by Gasteiger charge is -2.22. The molecule has 2 N–H and O–H groups in total. The van der Waals surface area contributed by atoms with Crippen LogP contribution in [0.1, 0.15) is 24.8 Å². The predicted octanol–water partition coefficient (Wildman–Crippen LogP) is 2.61. The Hall–Kier alpha value is -0.960. The van der Waals surface area contributed by atoms with Crippen LogP contribution in [0.5, 0.6) is 0 Å². The fraction of sp³-hybridized carbons (Fsp3) is 0.562. The van der Waals surface area contributed by atoms with E-state index in [1.807, 2.05) is 0 Å². The number of ether oxygens (including phenoxy) is 1. The quantitative estimate of drug-likeness (QED) is 0.433. The molecule has 0 spiro atoms. The molecule has 0 aliphatic carbocycles. The third-order valence-corrected chi connectivity index (χ3v) is 4.35. The molecular formula is C16H22F2IN3O. The topological polar surface area (TPSA) is 45.7 Å². The Morgan fingerprint density at radius 3 is 2.78 bits per heavy atom. The Labute approximate surface area is 152 Å². The lowest BCUT2D eigenvalue weighted by atomic mass is 9.96. The van der Waals surface area contributed by atoms with Gasteiger partial charge in [0.05, 0.1) is 18.2 Å². The van der Waals surface area contributed by atoms with Gasteiger partial charge in [-0.1, -0.05) is 6.07 Å². The van der Waals surface area contributed by atoms with Gasteiger partial charge in [0.25, 0.3) is 0 Å². The molecule has 128 valence electrons. The molecule has 7 heteroatoms. The summed E-state index contributed by atoms with van der Waals surface area (Å²) < 4.78 is 32.2. The predicted molar refractivity (Wildman–Crippen MR) is 96.3 cm³/mol. The zero-order valence-electron chi connectivity index (χ0n) is 13.0. The number of guanidine groups is 1. The van der Waals surface area contributed by atoms with Crippen molar-refractivity contribution in [3.05, 3.63) is 35.4 Å². The molecule has 2 aliphatic rings. The summed E-state index contributed by atoms with van der Waals surface area (Å²) in [5.74, 6) is -0.363. The number of fused-ring (bicyclic) bond motifs is 2. The highest BCUT2D eigenvalue weighted by Crippen LogP contribution is 2.34. The van der Waals surface area contributed by atoms with Crippen molar-refractivity contribution in [3.63, 3.8) is 0 Å². The van der Waals surface area contributed by atoms with Gasteiger partial charge in [0, 0.05) is 19.7 Å². The summed E-state index contributed by atoms with van der Waals surface area (Å²) >= 11 is 0. The number of hydrogen-bond acceptors (Lipinski definition) is 2. The van der Waals surface area contributed by atoms with E-state index in [9.17, 15) is 8.78 Å². The smallest absolute Gasteiger partial charge is 0.191 e. The summed E-state index contributed by atoms with van der Waals surface area (Å²) in [5, 5.41) is 6.54. The molecule has 3 atom stereocenters. The molecule has 0 amide bonds. The maximum absolute atomic E-state index is 13.6. The van der Waals surface area contributed by atoms with Crippen LogP contribution in [0.4, 0.5) is 8.78 Å². The Balaban J connectivity index is 0.00000192. The highest BCUT2D eigenvalue weighted by molar-refractivity contribution is 14.0. The Morgan fingerprint density at radius 1 is 1.35 bits per heavy atom. The SMILES string of the molecule is CN=C(NCCc1ccc(F)cc1F)NC1CC2CCC1O2.I. The first-order valence-corrected chi connectivity index (χ1v) is 7.72. The van der Waals surface area contributed by atoms with Crippen molar-refractivity contribution >= 4 is 29.9 Å². The number of aliphatic imine (C=N–C) groups is 1. The van der Waals surface area contributed by atoms with Gasteiger partial charge in [-0.05, 0) is 37.3 Å². The molecule has 2 saturated heterocycles. The fourth-order valence-electron chi connectivity index (χ4n) is 3.20. The number of rotatable bonds is 4. The number of nitrogens with zero attached hydrogens (tertiary/aromatic N) is 1. The Bertz CT molecular complexity index is 570. The van der Waals surface area contributed by atoms with Crippen molar-refractivity contribution < 1.29 is 13.5 Å². The number of nitrogens with one attached hydrogen (secondary N) is 2. The van der Waals surface area contributed by atoms with Crippen LogP contribution in [0, 0.1) is 11.6 Å². The second-order valence-electron chi connectivity index (χ2n) is 5.85. The largest absolute Gasteiger partial charge is 0.373 e. The third kappa shape index (κ3) is 4.53. The maximum Gasteiger partial charge on any atom is 0.191 e. The Kier molecular flexibility index (Phi) is 6.58. The fourth-order valence-corrected chi connectivity index (χ4v) is 3.20. The second kappa shape index (κ2) is 8.23. The van der Waals surface area contributed by atoms with Gasteiger partial charge in [-0.25, -0.2) is 8.78 Å². The highest BCUT2D eigenvalue weighted by atomic mass is 127. The molecule has 2 bridgehead atoms. The van der Waals surface area contributed by atoms with E-state index in [1.54, 1.807) is 7.05 Å². The molecule has 0 radical (unpaired) electrons. The minimum atomic E-state index is -0.553. The molecule has 0 saturated carbocycles. The van der Waals surface area contributed by atoms with Crippen LogP contribution in [-0.4, -0.2) is 37.8 Å². The molecule has 1 aromatic carbocycles. The van der Waals surface area contributed by atoms with E-state index in [1.165, 1.54) is 12.1 Å². The van der Waals surface area contributed by atoms with Crippen LogP contribution in [0.3, 0.4) is 0 Å². The zero-order valence-corrected chi connectivity index (χ0v) is 15.3. The van der Waals surface area contributed by atoms with E-state index in [4.69, 9.17) is 4.74 Å². The summed E-state index contributed by atoms with van der Waals surface area (Å²) in [5.41, 5.74) is 0.493. The normalized spacial score (nSPS) is 26.0. The molecule has 0 aromatic heterocycles. The van der Waals surface area contributed by atoms with E-state index in [0.29, 0.717) is 36.6 Å². The van der Waals surface area contributed by atoms with E-state index in [2.05, 4.69) is 15.6 Å². The first-order valence-electron chi connectivity index (χ1n) is 7.72. The number of hydrogen-bond donors (Lipinski definition) is 2. The van der Waals surface area contributed by atoms with Crippen molar-refractivity contribution in [2.75, 3.05) is 13.6 Å². The molecule has 1 aromatic rings. The van der Waals surface area contributed by atoms with Gasteiger partial charge in [0.15, 0.2) is 5.96 Å². The number of benzene rings is 1. The summed E-state index contributed by atoms with van der Waals surface area (Å²) in [6, 6.07) is 3.96.